The van der Waals surface area contributed by atoms with Gasteiger partial charge < -0.3 is 10.1 Å². The van der Waals surface area contributed by atoms with E-state index in [4.69, 9.17) is 4.74 Å². The van der Waals surface area contributed by atoms with Crippen molar-refractivity contribution >= 4 is 5.91 Å². The Morgan fingerprint density at radius 3 is 2.88 bits per heavy atom. The highest BCUT2D eigenvalue weighted by Crippen LogP contribution is 2.21. The maximum Gasteiger partial charge on any atom is 0.261 e. The Balaban J connectivity index is 2.67. The van der Waals surface area contributed by atoms with Crippen molar-refractivity contribution in [1.29, 1.82) is 0 Å². The fraction of sp³-hybridized carbons (Fsp3) is 0.357. The van der Waals surface area contributed by atoms with Crippen molar-refractivity contribution in [2.24, 2.45) is 0 Å². The summed E-state index contributed by atoms with van der Waals surface area (Å²) in [4.78, 5) is 11.6. The van der Waals surface area contributed by atoms with Crippen molar-refractivity contribution in [3.63, 3.8) is 0 Å². The van der Waals surface area contributed by atoms with E-state index in [2.05, 4.69) is 11.9 Å². The average Bonchev–Trinajstić information content (AvgIpc) is 2.31. The van der Waals surface area contributed by atoms with Crippen LogP contribution in [-0.2, 0) is 4.79 Å². The molecule has 1 amide bonds. The van der Waals surface area contributed by atoms with Crippen LogP contribution in [0.5, 0.6) is 5.75 Å². The van der Waals surface area contributed by atoms with Crippen LogP contribution in [0.4, 0.5) is 0 Å². The second-order valence-corrected chi connectivity index (χ2v) is 3.99. The quantitative estimate of drug-likeness (QED) is 0.793. The molecule has 0 radical (unpaired) electrons. The lowest BCUT2D eigenvalue weighted by atomic mass is 10.1. The van der Waals surface area contributed by atoms with Crippen molar-refractivity contribution in [2.75, 3.05) is 6.54 Å². The number of rotatable bonds is 5. The Morgan fingerprint density at radius 2 is 2.24 bits per heavy atom. The largest absolute Gasteiger partial charge is 0.481 e. The van der Waals surface area contributed by atoms with E-state index in [1.165, 1.54) is 0 Å². The van der Waals surface area contributed by atoms with Gasteiger partial charge in [-0.3, -0.25) is 4.79 Å². The monoisotopic (exact) mass is 233 g/mol. The van der Waals surface area contributed by atoms with Gasteiger partial charge in [-0.15, -0.1) is 6.58 Å². The summed E-state index contributed by atoms with van der Waals surface area (Å²) in [5.74, 6) is 0.622. The smallest absolute Gasteiger partial charge is 0.261 e. The molecular formula is C14H19NO2. The first-order chi connectivity index (χ1) is 8.06. The molecule has 1 aromatic carbocycles. The molecule has 0 aromatic heterocycles. The van der Waals surface area contributed by atoms with Crippen LogP contribution in [0.2, 0.25) is 0 Å². The van der Waals surface area contributed by atoms with Crippen molar-refractivity contribution in [1.82, 2.24) is 5.32 Å². The molecule has 0 bridgehead atoms. The van der Waals surface area contributed by atoms with Crippen molar-refractivity contribution in [3.05, 3.63) is 42.0 Å². The second kappa shape index (κ2) is 6.09. The van der Waals surface area contributed by atoms with Gasteiger partial charge in [-0.25, -0.2) is 0 Å². The maximum absolute atomic E-state index is 11.6. The summed E-state index contributed by atoms with van der Waals surface area (Å²) in [5, 5.41) is 2.70. The number of hydrogen-bond acceptors (Lipinski definition) is 2. The summed E-state index contributed by atoms with van der Waals surface area (Å²) in [7, 11) is 0. The highest BCUT2D eigenvalue weighted by atomic mass is 16.5. The van der Waals surface area contributed by atoms with Crippen molar-refractivity contribution in [3.8, 4) is 5.75 Å². The van der Waals surface area contributed by atoms with E-state index in [0.717, 1.165) is 16.9 Å². The molecule has 1 unspecified atom stereocenters. The molecule has 3 nitrogen and oxygen atoms in total. The number of carbonyl (C=O) groups excluding carboxylic acids is 1. The Labute approximate surface area is 102 Å². The van der Waals surface area contributed by atoms with Gasteiger partial charge >= 0.3 is 0 Å². The van der Waals surface area contributed by atoms with E-state index in [1.54, 1.807) is 13.0 Å². The summed E-state index contributed by atoms with van der Waals surface area (Å²) in [5.41, 5.74) is 2.22. The Bertz CT molecular complexity index is 413. The Kier molecular flexibility index (Phi) is 4.76. The van der Waals surface area contributed by atoms with Gasteiger partial charge in [-0.2, -0.15) is 0 Å². The molecule has 0 heterocycles. The highest BCUT2D eigenvalue weighted by molar-refractivity contribution is 5.80. The lowest BCUT2D eigenvalue weighted by Crippen LogP contribution is -2.36. The molecule has 0 aliphatic carbocycles. The van der Waals surface area contributed by atoms with E-state index >= 15 is 0 Å². The lowest BCUT2D eigenvalue weighted by molar-refractivity contribution is -0.127. The van der Waals surface area contributed by atoms with Gasteiger partial charge in [0.2, 0.25) is 0 Å². The van der Waals surface area contributed by atoms with Crippen LogP contribution < -0.4 is 10.1 Å². The van der Waals surface area contributed by atoms with E-state index in [1.807, 2.05) is 32.0 Å². The first-order valence-electron chi connectivity index (χ1n) is 5.67. The molecular weight excluding hydrogens is 214 g/mol. The minimum Gasteiger partial charge on any atom is -0.481 e. The second-order valence-electron chi connectivity index (χ2n) is 3.99. The topological polar surface area (TPSA) is 38.3 Å². The predicted octanol–water partition coefficient (Wildman–Crippen LogP) is 2.37. The minimum atomic E-state index is -0.504. The van der Waals surface area contributed by atoms with Crippen molar-refractivity contribution in [2.45, 2.75) is 26.9 Å². The van der Waals surface area contributed by atoms with Gasteiger partial charge in [-0.1, -0.05) is 18.2 Å². The number of carbonyl (C=O) groups is 1. The third-order valence-corrected chi connectivity index (χ3v) is 2.65. The fourth-order valence-electron chi connectivity index (χ4n) is 1.41. The SMILES string of the molecule is C=CCNC(=O)C(C)Oc1cccc(C)c1C. The van der Waals surface area contributed by atoms with Gasteiger partial charge in [-0.05, 0) is 38.0 Å². The first-order valence-corrected chi connectivity index (χ1v) is 5.67. The number of hydrogen-bond donors (Lipinski definition) is 1. The van der Waals surface area contributed by atoms with Gasteiger partial charge in [0.15, 0.2) is 6.10 Å². The zero-order valence-electron chi connectivity index (χ0n) is 10.6. The Hall–Kier alpha value is -1.77. The van der Waals surface area contributed by atoms with Gasteiger partial charge in [0.25, 0.3) is 5.91 Å². The maximum atomic E-state index is 11.6. The molecule has 92 valence electrons. The third-order valence-electron chi connectivity index (χ3n) is 2.65. The number of aryl methyl sites for hydroxylation is 1. The van der Waals surface area contributed by atoms with Gasteiger partial charge in [0.1, 0.15) is 5.75 Å². The van der Waals surface area contributed by atoms with Crippen LogP contribution in [0, 0.1) is 13.8 Å². The van der Waals surface area contributed by atoms with E-state index in [-0.39, 0.29) is 5.91 Å². The zero-order chi connectivity index (χ0) is 12.8. The normalized spacial score (nSPS) is 11.7. The van der Waals surface area contributed by atoms with Gasteiger partial charge in [0, 0.05) is 6.54 Å². The Morgan fingerprint density at radius 1 is 1.53 bits per heavy atom. The first kappa shape index (κ1) is 13.3. The summed E-state index contributed by atoms with van der Waals surface area (Å²) in [6, 6.07) is 5.82. The zero-order valence-corrected chi connectivity index (χ0v) is 10.6. The van der Waals surface area contributed by atoms with Crippen LogP contribution in [0.1, 0.15) is 18.1 Å². The lowest BCUT2D eigenvalue weighted by Gasteiger charge is -2.16. The average molecular weight is 233 g/mol. The van der Waals surface area contributed by atoms with E-state index in [0.29, 0.717) is 6.54 Å². The van der Waals surface area contributed by atoms with Crippen LogP contribution in [0.15, 0.2) is 30.9 Å². The molecule has 0 fully saturated rings. The van der Waals surface area contributed by atoms with Crippen LogP contribution in [0.3, 0.4) is 0 Å². The summed E-state index contributed by atoms with van der Waals surface area (Å²) >= 11 is 0. The fourth-order valence-corrected chi connectivity index (χ4v) is 1.41. The minimum absolute atomic E-state index is 0.134. The molecule has 17 heavy (non-hydrogen) atoms. The molecule has 1 N–H and O–H groups in total. The molecule has 0 saturated heterocycles. The molecule has 0 spiro atoms. The van der Waals surface area contributed by atoms with E-state index in [9.17, 15) is 4.79 Å². The number of amides is 1. The number of benzene rings is 1. The molecule has 1 aromatic rings. The summed E-state index contributed by atoms with van der Waals surface area (Å²) < 4.78 is 5.64. The van der Waals surface area contributed by atoms with Crippen LogP contribution >= 0.6 is 0 Å². The summed E-state index contributed by atoms with van der Waals surface area (Å²) in [6.45, 7) is 9.74. The number of ether oxygens (including phenoxy) is 1. The van der Waals surface area contributed by atoms with Gasteiger partial charge in [0.05, 0.1) is 0 Å². The highest BCUT2D eigenvalue weighted by Gasteiger charge is 2.14. The summed E-state index contributed by atoms with van der Waals surface area (Å²) in [6.07, 6.45) is 1.14. The molecule has 0 aliphatic rings. The molecule has 0 aliphatic heterocycles. The number of nitrogens with one attached hydrogen (secondary N) is 1. The van der Waals surface area contributed by atoms with E-state index < -0.39 is 6.10 Å². The molecule has 0 saturated carbocycles. The molecule has 1 rings (SSSR count). The van der Waals surface area contributed by atoms with Crippen molar-refractivity contribution < 1.29 is 9.53 Å². The molecule has 3 heteroatoms. The third kappa shape index (κ3) is 3.63. The van der Waals surface area contributed by atoms with Crippen LogP contribution in [-0.4, -0.2) is 18.6 Å². The predicted molar refractivity (Wildman–Crippen MR) is 69.2 cm³/mol. The standard InChI is InChI=1S/C14H19NO2/c1-5-9-15-14(16)12(4)17-13-8-6-7-10(2)11(13)3/h5-8,12H,1,9H2,2-4H3,(H,15,16). The van der Waals surface area contributed by atoms with Crippen LogP contribution in [0.25, 0.3) is 0 Å². The molecule has 1 atom stereocenters.